The summed E-state index contributed by atoms with van der Waals surface area (Å²) in [6, 6.07) is 29.0. The molecule has 7 rings (SSSR count). The summed E-state index contributed by atoms with van der Waals surface area (Å²) in [6.07, 6.45) is 10.3. The van der Waals surface area contributed by atoms with Gasteiger partial charge in [-0.15, -0.1) is 0 Å². The predicted octanol–water partition coefficient (Wildman–Crippen LogP) is 6.24. The standard InChI is InChI=1S/C33H21N9/c1-7-22(28-34-13-4-14-35-28)19-25(10-1)31-40-32(26-11-2-8-23(20-26)29-36-15-5-16-37-29)42-33(41-31)27-12-3-9-24(21-27)30-38-17-6-18-39-30/h1-21H. The fraction of sp³-hybridized carbons (Fsp3) is 0. The fourth-order valence-corrected chi connectivity index (χ4v) is 4.50. The molecule has 9 heteroatoms. The van der Waals surface area contributed by atoms with Crippen molar-refractivity contribution in [2.24, 2.45) is 0 Å². The fourth-order valence-electron chi connectivity index (χ4n) is 4.50. The maximum Gasteiger partial charge on any atom is 0.164 e. The molecular weight excluding hydrogens is 522 g/mol. The van der Waals surface area contributed by atoms with E-state index in [-0.39, 0.29) is 0 Å². The van der Waals surface area contributed by atoms with Gasteiger partial charge in [0.2, 0.25) is 0 Å². The van der Waals surface area contributed by atoms with Crippen molar-refractivity contribution in [1.82, 2.24) is 44.9 Å². The van der Waals surface area contributed by atoms with Crippen LogP contribution in [-0.2, 0) is 0 Å². The van der Waals surface area contributed by atoms with Crippen LogP contribution in [0.1, 0.15) is 0 Å². The van der Waals surface area contributed by atoms with Crippen LogP contribution in [0.15, 0.2) is 128 Å². The second kappa shape index (κ2) is 11.2. The third-order valence-electron chi connectivity index (χ3n) is 6.47. The molecule has 0 atom stereocenters. The van der Waals surface area contributed by atoms with Crippen LogP contribution in [0, 0.1) is 0 Å². The van der Waals surface area contributed by atoms with Gasteiger partial charge in [0.25, 0.3) is 0 Å². The second-order valence-electron chi connectivity index (χ2n) is 9.27. The van der Waals surface area contributed by atoms with Crippen LogP contribution in [0.2, 0.25) is 0 Å². The second-order valence-corrected chi connectivity index (χ2v) is 9.27. The molecule has 0 spiro atoms. The predicted molar refractivity (Wildman–Crippen MR) is 159 cm³/mol. The molecule has 42 heavy (non-hydrogen) atoms. The summed E-state index contributed by atoms with van der Waals surface area (Å²) in [5.74, 6) is 3.45. The average molecular weight is 544 g/mol. The van der Waals surface area contributed by atoms with E-state index >= 15 is 0 Å². The number of hydrogen-bond donors (Lipinski definition) is 0. The highest BCUT2D eigenvalue weighted by Crippen LogP contribution is 2.29. The van der Waals surface area contributed by atoms with Gasteiger partial charge in [0, 0.05) is 70.6 Å². The van der Waals surface area contributed by atoms with Gasteiger partial charge in [0.15, 0.2) is 34.9 Å². The first-order valence-corrected chi connectivity index (χ1v) is 13.2. The minimum absolute atomic E-state index is 0.524. The summed E-state index contributed by atoms with van der Waals surface area (Å²) in [7, 11) is 0. The molecule has 0 aliphatic rings. The lowest BCUT2D eigenvalue weighted by Crippen LogP contribution is -2.01. The van der Waals surface area contributed by atoms with Crippen LogP contribution in [0.5, 0.6) is 0 Å². The molecule has 0 saturated carbocycles. The Morgan fingerprint density at radius 1 is 0.262 bits per heavy atom. The first-order valence-electron chi connectivity index (χ1n) is 13.2. The zero-order valence-corrected chi connectivity index (χ0v) is 22.1. The Labute approximate surface area is 241 Å². The lowest BCUT2D eigenvalue weighted by molar-refractivity contribution is 1.07. The molecule has 9 nitrogen and oxygen atoms in total. The molecule has 3 aromatic carbocycles. The first-order chi connectivity index (χ1) is 20.8. The van der Waals surface area contributed by atoms with Crippen LogP contribution < -0.4 is 0 Å². The van der Waals surface area contributed by atoms with Gasteiger partial charge in [-0.05, 0) is 36.4 Å². The minimum atomic E-state index is 0.524. The Morgan fingerprint density at radius 2 is 0.500 bits per heavy atom. The van der Waals surface area contributed by atoms with E-state index in [0.717, 1.165) is 33.4 Å². The molecule has 4 heterocycles. The van der Waals surface area contributed by atoms with Crippen molar-refractivity contribution in [1.29, 1.82) is 0 Å². The molecule has 0 bridgehead atoms. The van der Waals surface area contributed by atoms with Crippen molar-refractivity contribution < 1.29 is 0 Å². The molecule has 0 aliphatic heterocycles. The molecule has 4 aromatic heterocycles. The van der Waals surface area contributed by atoms with E-state index in [9.17, 15) is 0 Å². The van der Waals surface area contributed by atoms with E-state index in [0.29, 0.717) is 34.9 Å². The summed E-state index contributed by atoms with van der Waals surface area (Å²) < 4.78 is 0. The van der Waals surface area contributed by atoms with Gasteiger partial charge in [0.05, 0.1) is 0 Å². The largest absolute Gasteiger partial charge is 0.237 e. The maximum atomic E-state index is 4.92. The normalized spacial score (nSPS) is 10.9. The van der Waals surface area contributed by atoms with Crippen LogP contribution in [0.25, 0.3) is 68.3 Å². The van der Waals surface area contributed by atoms with Gasteiger partial charge in [-0.1, -0.05) is 54.6 Å². The van der Waals surface area contributed by atoms with Crippen LogP contribution in [0.3, 0.4) is 0 Å². The Balaban J connectivity index is 1.38. The number of hydrogen-bond acceptors (Lipinski definition) is 9. The summed E-state index contributed by atoms with van der Waals surface area (Å²) in [6.45, 7) is 0. The maximum absolute atomic E-state index is 4.92. The summed E-state index contributed by atoms with van der Waals surface area (Å²) in [5, 5.41) is 0. The Hall–Kier alpha value is -6.09. The molecule has 0 unspecified atom stereocenters. The van der Waals surface area contributed by atoms with Crippen LogP contribution >= 0.6 is 0 Å². The van der Waals surface area contributed by atoms with E-state index in [1.807, 2.05) is 72.8 Å². The van der Waals surface area contributed by atoms with E-state index in [1.165, 1.54) is 0 Å². The van der Waals surface area contributed by atoms with Gasteiger partial charge >= 0.3 is 0 Å². The molecular formula is C33H21N9. The van der Waals surface area contributed by atoms with E-state index < -0.39 is 0 Å². The van der Waals surface area contributed by atoms with Gasteiger partial charge in [0.1, 0.15) is 0 Å². The third-order valence-corrected chi connectivity index (χ3v) is 6.47. The van der Waals surface area contributed by atoms with E-state index in [1.54, 1.807) is 55.4 Å². The highest BCUT2D eigenvalue weighted by atomic mass is 15.0. The zero-order chi connectivity index (χ0) is 28.1. The van der Waals surface area contributed by atoms with E-state index in [4.69, 9.17) is 15.0 Å². The Morgan fingerprint density at radius 3 is 0.762 bits per heavy atom. The Bertz CT molecular complexity index is 1740. The number of nitrogens with zero attached hydrogens (tertiary/aromatic N) is 9. The first kappa shape index (κ1) is 24.9. The van der Waals surface area contributed by atoms with Gasteiger partial charge in [-0.3, -0.25) is 0 Å². The number of aromatic nitrogens is 9. The summed E-state index contributed by atoms with van der Waals surface area (Å²) in [5.41, 5.74) is 5.04. The van der Waals surface area contributed by atoms with E-state index in [2.05, 4.69) is 29.9 Å². The lowest BCUT2D eigenvalue weighted by Gasteiger charge is -2.10. The van der Waals surface area contributed by atoms with Crippen molar-refractivity contribution >= 4 is 0 Å². The molecule has 0 saturated heterocycles. The third kappa shape index (κ3) is 5.22. The Kier molecular flexibility index (Phi) is 6.63. The lowest BCUT2D eigenvalue weighted by atomic mass is 10.1. The smallest absolute Gasteiger partial charge is 0.164 e. The van der Waals surface area contributed by atoms with Crippen molar-refractivity contribution in [3.63, 3.8) is 0 Å². The molecule has 198 valence electrons. The van der Waals surface area contributed by atoms with Crippen molar-refractivity contribution in [3.8, 4) is 68.3 Å². The van der Waals surface area contributed by atoms with Crippen molar-refractivity contribution in [3.05, 3.63) is 128 Å². The minimum Gasteiger partial charge on any atom is -0.237 e. The highest BCUT2D eigenvalue weighted by molar-refractivity contribution is 5.73. The monoisotopic (exact) mass is 543 g/mol. The average Bonchev–Trinajstić information content (AvgIpc) is 3.09. The molecule has 0 N–H and O–H groups in total. The number of benzene rings is 3. The topological polar surface area (TPSA) is 116 Å². The molecule has 7 aromatic rings. The van der Waals surface area contributed by atoms with Crippen LogP contribution in [0.4, 0.5) is 0 Å². The summed E-state index contributed by atoms with van der Waals surface area (Å²) >= 11 is 0. The van der Waals surface area contributed by atoms with Gasteiger partial charge in [-0.25, -0.2) is 44.9 Å². The SMILES string of the molecule is c1cnc(-c2cccc(-c3nc(-c4cccc(-c5ncccn5)c4)nc(-c4cccc(-c5ncccn5)c4)n3)c2)nc1. The van der Waals surface area contributed by atoms with Crippen molar-refractivity contribution in [2.75, 3.05) is 0 Å². The molecule has 0 fully saturated rings. The van der Waals surface area contributed by atoms with Crippen LogP contribution in [-0.4, -0.2) is 44.9 Å². The van der Waals surface area contributed by atoms with Crippen molar-refractivity contribution in [2.45, 2.75) is 0 Å². The quantitative estimate of drug-likeness (QED) is 0.240. The highest BCUT2D eigenvalue weighted by Gasteiger charge is 2.15. The van der Waals surface area contributed by atoms with Gasteiger partial charge < -0.3 is 0 Å². The zero-order valence-electron chi connectivity index (χ0n) is 22.1. The summed E-state index contributed by atoms with van der Waals surface area (Å²) in [4.78, 5) is 41.2. The molecule has 0 aliphatic carbocycles. The molecule has 0 radical (unpaired) electrons. The number of rotatable bonds is 6. The van der Waals surface area contributed by atoms with Gasteiger partial charge in [-0.2, -0.15) is 0 Å². The molecule has 0 amide bonds.